The molecule has 1 amide bonds. The van der Waals surface area contributed by atoms with E-state index >= 15 is 0 Å². The number of aliphatic carboxylic acids is 1. The van der Waals surface area contributed by atoms with Gasteiger partial charge in [-0.2, -0.15) is 0 Å². The number of nitrogens with one attached hydrogen (secondary N) is 1. The number of likely N-dealkylation sites (tertiary alicyclic amines) is 1. The SMILES string of the molecule is CN1CC2(C1)CN(c1ccc3nc(CNC(=O)C4(CC(=O)O)Cc5ccccc5C4)sc3c1)C2. The number of carbonyl (C=O) groups is 2. The van der Waals surface area contributed by atoms with Gasteiger partial charge in [0, 0.05) is 37.3 Å². The van der Waals surface area contributed by atoms with Crippen molar-refractivity contribution in [3.63, 3.8) is 0 Å². The summed E-state index contributed by atoms with van der Waals surface area (Å²) in [7, 11) is 2.17. The number of carboxylic acid groups (broad SMARTS) is 1. The number of fused-ring (bicyclic) bond motifs is 2. The third kappa shape index (κ3) is 3.65. The van der Waals surface area contributed by atoms with Gasteiger partial charge in [0.2, 0.25) is 5.91 Å². The maximum absolute atomic E-state index is 13.3. The molecular formula is C26H28N4O3S. The number of carboxylic acids is 1. The predicted molar refractivity (Wildman–Crippen MR) is 132 cm³/mol. The van der Waals surface area contributed by atoms with Crippen LogP contribution in [0.4, 0.5) is 5.69 Å². The number of nitrogens with zero attached hydrogens (tertiary/aromatic N) is 3. The first-order chi connectivity index (χ1) is 16.3. The van der Waals surface area contributed by atoms with E-state index in [0.717, 1.165) is 39.4 Å². The molecule has 2 fully saturated rings. The third-order valence-corrected chi connectivity index (χ3v) is 8.61. The number of rotatable bonds is 6. The van der Waals surface area contributed by atoms with Crippen molar-refractivity contribution in [1.82, 2.24) is 15.2 Å². The first-order valence-corrected chi connectivity index (χ1v) is 12.5. The molecule has 3 aliphatic rings. The smallest absolute Gasteiger partial charge is 0.304 e. The molecule has 2 aromatic carbocycles. The second-order valence-electron chi connectivity index (χ2n) is 10.4. The highest BCUT2D eigenvalue weighted by molar-refractivity contribution is 7.18. The summed E-state index contributed by atoms with van der Waals surface area (Å²) in [4.78, 5) is 34.4. The van der Waals surface area contributed by atoms with Crippen molar-refractivity contribution in [1.29, 1.82) is 0 Å². The first kappa shape index (κ1) is 21.6. The maximum atomic E-state index is 13.3. The van der Waals surface area contributed by atoms with Crippen molar-refractivity contribution < 1.29 is 14.7 Å². The lowest BCUT2D eigenvalue weighted by Gasteiger charge is -2.60. The molecule has 6 rings (SSSR count). The van der Waals surface area contributed by atoms with Crippen LogP contribution in [0.3, 0.4) is 0 Å². The van der Waals surface area contributed by atoms with Crippen molar-refractivity contribution in [3.05, 3.63) is 58.6 Å². The molecule has 0 atom stereocenters. The van der Waals surface area contributed by atoms with Crippen LogP contribution in [0.25, 0.3) is 10.2 Å². The van der Waals surface area contributed by atoms with E-state index < -0.39 is 11.4 Å². The van der Waals surface area contributed by atoms with Crippen LogP contribution in [-0.2, 0) is 29.0 Å². The Morgan fingerprint density at radius 2 is 1.79 bits per heavy atom. The van der Waals surface area contributed by atoms with Crippen molar-refractivity contribution in [2.45, 2.75) is 25.8 Å². The number of carbonyl (C=O) groups excluding carboxylic acids is 1. The van der Waals surface area contributed by atoms with Gasteiger partial charge in [-0.05, 0) is 49.2 Å². The van der Waals surface area contributed by atoms with E-state index in [1.807, 2.05) is 24.3 Å². The van der Waals surface area contributed by atoms with Crippen molar-refractivity contribution in [2.75, 3.05) is 38.1 Å². The Morgan fingerprint density at radius 3 is 2.44 bits per heavy atom. The monoisotopic (exact) mass is 476 g/mol. The van der Waals surface area contributed by atoms with Crippen LogP contribution in [0.1, 0.15) is 22.6 Å². The summed E-state index contributed by atoms with van der Waals surface area (Å²) in [6.45, 7) is 4.90. The second-order valence-corrected chi connectivity index (χ2v) is 11.6. The number of hydrogen-bond donors (Lipinski definition) is 2. The summed E-state index contributed by atoms with van der Waals surface area (Å²) < 4.78 is 1.11. The summed E-state index contributed by atoms with van der Waals surface area (Å²) in [6, 6.07) is 14.2. The molecule has 1 spiro atoms. The van der Waals surface area contributed by atoms with E-state index in [1.54, 1.807) is 11.3 Å². The standard InChI is InChI=1S/C26H28N4O3S/c1-29-13-25(14-29)15-30(16-25)19-6-7-20-21(8-19)34-22(28-20)12-27-24(33)26(11-23(31)32)9-17-4-2-3-5-18(17)10-26/h2-8H,9-16H2,1H3,(H,27,33)(H,31,32). The van der Waals surface area contributed by atoms with E-state index in [9.17, 15) is 14.7 Å². The second kappa shape index (κ2) is 7.78. The number of hydrogen-bond acceptors (Lipinski definition) is 6. The van der Waals surface area contributed by atoms with Gasteiger partial charge in [0.1, 0.15) is 5.01 Å². The zero-order valence-corrected chi connectivity index (χ0v) is 20.0. The largest absolute Gasteiger partial charge is 0.481 e. The van der Waals surface area contributed by atoms with Crippen LogP contribution in [-0.4, -0.2) is 60.1 Å². The lowest BCUT2D eigenvalue weighted by Crippen LogP contribution is -2.71. The summed E-state index contributed by atoms with van der Waals surface area (Å²) in [6.07, 6.45) is 0.735. The molecule has 0 bridgehead atoms. The summed E-state index contributed by atoms with van der Waals surface area (Å²) in [5.74, 6) is -1.15. The number of amides is 1. The zero-order chi connectivity index (χ0) is 23.5. The maximum Gasteiger partial charge on any atom is 0.304 e. The molecule has 176 valence electrons. The Bertz CT molecular complexity index is 1260. The van der Waals surface area contributed by atoms with Gasteiger partial charge >= 0.3 is 5.97 Å². The van der Waals surface area contributed by atoms with Crippen molar-refractivity contribution in [2.24, 2.45) is 10.8 Å². The molecule has 3 heterocycles. The van der Waals surface area contributed by atoms with Crippen LogP contribution in [0.5, 0.6) is 0 Å². The van der Waals surface area contributed by atoms with E-state index in [-0.39, 0.29) is 12.3 Å². The van der Waals surface area contributed by atoms with Crippen LogP contribution < -0.4 is 10.2 Å². The van der Waals surface area contributed by atoms with Gasteiger partial charge in [-0.3, -0.25) is 9.59 Å². The molecule has 0 saturated carbocycles. The fraction of sp³-hybridized carbons (Fsp3) is 0.423. The molecule has 2 saturated heterocycles. The lowest BCUT2D eigenvalue weighted by molar-refractivity contribution is -0.145. The average Bonchev–Trinajstić information content (AvgIpc) is 3.33. The molecular weight excluding hydrogens is 448 g/mol. The van der Waals surface area contributed by atoms with E-state index in [2.05, 4.69) is 40.4 Å². The Hall–Kier alpha value is -2.97. The molecule has 0 radical (unpaired) electrons. The molecule has 2 N–H and O–H groups in total. The third-order valence-electron chi connectivity index (χ3n) is 7.59. The molecule has 1 aliphatic carbocycles. The highest BCUT2D eigenvalue weighted by Crippen LogP contribution is 2.42. The van der Waals surface area contributed by atoms with Crippen molar-refractivity contribution in [3.8, 4) is 0 Å². The van der Waals surface area contributed by atoms with Crippen molar-refractivity contribution >= 4 is 39.1 Å². The first-order valence-electron chi connectivity index (χ1n) is 11.7. The molecule has 0 unspecified atom stereocenters. The number of thiazole rings is 1. The molecule has 3 aromatic rings. The Kier molecular flexibility index (Phi) is 4.93. The highest BCUT2D eigenvalue weighted by atomic mass is 32.1. The van der Waals surface area contributed by atoms with Gasteiger partial charge < -0.3 is 20.2 Å². The minimum Gasteiger partial charge on any atom is -0.481 e. The fourth-order valence-electron chi connectivity index (χ4n) is 6.17. The molecule has 34 heavy (non-hydrogen) atoms. The Labute approximate surface area is 202 Å². The van der Waals surface area contributed by atoms with Gasteiger partial charge in [0.25, 0.3) is 0 Å². The van der Waals surface area contributed by atoms with Crippen LogP contribution in [0.15, 0.2) is 42.5 Å². The number of aromatic nitrogens is 1. The summed E-state index contributed by atoms with van der Waals surface area (Å²) >= 11 is 1.59. The van der Waals surface area contributed by atoms with E-state index in [0.29, 0.717) is 24.8 Å². The van der Waals surface area contributed by atoms with Gasteiger partial charge in [0.05, 0.1) is 28.6 Å². The van der Waals surface area contributed by atoms with Gasteiger partial charge in [-0.15, -0.1) is 11.3 Å². The average molecular weight is 477 g/mol. The molecule has 1 aromatic heterocycles. The van der Waals surface area contributed by atoms with E-state index in [1.165, 1.54) is 18.8 Å². The summed E-state index contributed by atoms with van der Waals surface area (Å²) in [5, 5.41) is 13.4. The minimum atomic E-state index is -0.947. The highest BCUT2D eigenvalue weighted by Gasteiger charge is 2.50. The Morgan fingerprint density at radius 1 is 1.09 bits per heavy atom. The van der Waals surface area contributed by atoms with Crippen LogP contribution >= 0.6 is 11.3 Å². The molecule has 7 nitrogen and oxygen atoms in total. The number of anilines is 1. The normalized spacial score (nSPS) is 20.1. The van der Waals surface area contributed by atoms with Gasteiger partial charge in [-0.1, -0.05) is 24.3 Å². The minimum absolute atomic E-state index is 0.177. The van der Waals surface area contributed by atoms with Gasteiger partial charge in [0.15, 0.2) is 0 Å². The quantitative estimate of drug-likeness (QED) is 0.569. The predicted octanol–water partition coefficient (Wildman–Crippen LogP) is 2.92. The van der Waals surface area contributed by atoms with Crippen LogP contribution in [0, 0.1) is 10.8 Å². The lowest BCUT2D eigenvalue weighted by atomic mass is 9.73. The van der Waals surface area contributed by atoms with E-state index in [4.69, 9.17) is 4.98 Å². The summed E-state index contributed by atoms with van der Waals surface area (Å²) in [5.41, 5.74) is 3.84. The van der Waals surface area contributed by atoms with Gasteiger partial charge in [-0.25, -0.2) is 4.98 Å². The zero-order valence-electron chi connectivity index (χ0n) is 19.2. The topological polar surface area (TPSA) is 85.8 Å². The Balaban J connectivity index is 1.14. The molecule has 2 aliphatic heterocycles. The number of benzene rings is 2. The van der Waals surface area contributed by atoms with Crippen LogP contribution in [0.2, 0.25) is 0 Å². The fourth-order valence-corrected chi connectivity index (χ4v) is 7.11. The molecule has 8 heteroatoms.